The van der Waals surface area contributed by atoms with Crippen LogP contribution in [-0.4, -0.2) is 49.4 Å². The molecule has 0 saturated heterocycles. The van der Waals surface area contributed by atoms with Crippen molar-refractivity contribution >= 4 is 36.2 Å². The SMILES string of the molecule is Bc1cccc2c1c(C(=O)NCC13CCC(CC1)CC3)cn2C(=O)N(C)CC. The first-order chi connectivity index (χ1) is 13.4. The van der Waals surface area contributed by atoms with Gasteiger partial charge in [0, 0.05) is 31.7 Å². The van der Waals surface area contributed by atoms with E-state index in [0.29, 0.717) is 12.1 Å². The van der Waals surface area contributed by atoms with Crippen LogP contribution in [0.5, 0.6) is 0 Å². The fourth-order valence-electron chi connectivity index (χ4n) is 5.08. The number of carbonyl (C=O) groups excluding carboxylic acids is 2. The fourth-order valence-corrected chi connectivity index (χ4v) is 5.08. The summed E-state index contributed by atoms with van der Waals surface area (Å²) in [6.45, 7) is 3.32. The van der Waals surface area contributed by atoms with Crippen molar-refractivity contribution < 1.29 is 9.59 Å². The number of nitrogens with zero attached hydrogens (tertiary/aromatic N) is 2. The molecule has 0 atom stereocenters. The second kappa shape index (κ2) is 7.30. The lowest BCUT2D eigenvalue weighted by Crippen LogP contribution is -2.43. The summed E-state index contributed by atoms with van der Waals surface area (Å²) < 4.78 is 1.62. The summed E-state index contributed by atoms with van der Waals surface area (Å²) in [6, 6.07) is 5.75. The minimum atomic E-state index is -0.110. The molecule has 2 amide bonds. The molecule has 0 aliphatic heterocycles. The lowest BCUT2D eigenvalue weighted by Gasteiger charge is -2.46. The fraction of sp³-hybridized carbons (Fsp3) is 0.545. The van der Waals surface area contributed by atoms with E-state index in [1.165, 1.54) is 38.5 Å². The largest absolute Gasteiger partial charge is 0.351 e. The van der Waals surface area contributed by atoms with Crippen LogP contribution in [0, 0.1) is 11.3 Å². The number of nitrogens with one attached hydrogen (secondary N) is 1. The van der Waals surface area contributed by atoms with E-state index in [2.05, 4.69) is 5.32 Å². The molecule has 2 bridgehead atoms. The van der Waals surface area contributed by atoms with Gasteiger partial charge in [-0.3, -0.25) is 9.36 Å². The Bertz CT molecular complexity index is 898. The molecule has 28 heavy (non-hydrogen) atoms. The van der Waals surface area contributed by atoms with Gasteiger partial charge in [-0.2, -0.15) is 0 Å². The molecule has 3 saturated carbocycles. The van der Waals surface area contributed by atoms with Gasteiger partial charge in [-0.1, -0.05) is 17.6 Å². The molecule has 148 valence electrons. The third-order valence-electron chi connectivity index (χ3n) is 7.16. The number of rotatable bonds is 4. The van der Waals surface area contributed by atoms with Gasteiger partial charge in [0.25, 0.3) is 5.91 Å². The van der Waals surface area contributed by atoms with E-state index < -0.39 is 0 Å². The van der Waals surface area contributed by atoms with Gasteiger partial charge in [0.05, 0.1) is 11.1 Å². The van der Waals surface area contributed by atoms with E-state index in [1.807, 2.05) is 33.0 Å². The molecule has 0 spiro atoms. The van der Waals surface area contributed by atoms with Crippen molar-refractivity contribution in [1.82, 2.24) is 14.8 Å². The van der Waals surface area contributed by atoms with Crippen LogP contribution in [0.4, 0.5) is 4.79 Å². The maximum atomic E-state index is 13.2. The zero-order chi connectivity index (χ0) is 19.9. The topological polar surface area (TPSA) is 54.3 Å². The van der Waals surface area contributed by atoms with E-state index in [1.54, 1.807) is 22.7 Å². The van der Waals surface area contributed by atoms with Gasteiger partial charge in [0.2, 0.25) is 0 Å². The minimum absolute atomic E-state index is 0.0629. The third-order valence-corrected chi connectivity index (χ3v) is 7.16. The summed E-state index contributed by atoms with van der Waals surface area (Å²) >= 11 is 0. The number of hydrogen-bond donors (Lipinski definition) is 1. The second-order valence-corrected chi connectivity index (χ2v) is 8.84. The number of fused-ring (bicyclic) bond motifs is 4. The van der Waals surface area contributed by atoms with Crippen LogP contribution in [0.1, 0.15) is 55.8 Å². The molecule has 2 aromatic rings. The Kier molecular flexibility index (Phi) is 4.98. The molecule has 1 heterocycles. The predicted octanol–water partition coefficient (Wildman–Crippen LogP) is 2.52. The molecule has 5 nitrogen and oxygen atoms in total. The zero-order valence-electron chi connectivity index (χ0n) is 17.3. The zero-order valence-corrected chi connectivity index (χ0v) is 17.3. The molecule has 1 aromatic carbocycles. The van der Waals surface area contributed by atoms with Crippen LogP contribution in [0.15, 0.2) is 24.4 Å². The maximum absolute atomic E-state index is 13.2. The molecular formula is C22H30BN3O2. The Hall–Kier alpha value is -2.24. The lowest BCUT2D eigenvalue weighted by molar-refractivity contribution is 0.0598. The van der Waals surface area contributed by atoms with Gasteiger partial charge in [-0.15, -0.1) is 0 Å². The van der Waals surface area contributed by atoms with Crippen LogP contribution in [-0.2, 0) is 0 Å². The predicted molar refractivity (Wildman–Crippen MR) is 115 cm³/mol. The van der Waals surface area contributed by atoms with Crippen LogP contribution in [0.2, 0.25) is 0 Å². The number of carbonyl (C=O) groups is 2. The molecular weight excluding hydrogens is 349 g/mol. The van der Waals surface area contributed by atoms with E-state index in [4.69, 9.17) is 0 Å². The van der Waals surface area contributed by atoms with Gasteiger partial charge in [-0.25, -0.2) is 4.79 Å². The van der Waals surface area contributed by atoms with Crippen molar-refractivity contribution in [2.45, 2.75) is 45.4 Å². The average molecular weight is 379 g/mol. The number of amides is 2. The number of benzene rings is 1. The van der Waals surface area contributed by atoms with Gasteiger partial charge in [0.1, 0.15) is 7.85 Å². The smallest absolute Gasteiger partial charge is 0.328 e. The molecule has 6 heteroatoms. The Morgan fingerprint density at radius 2 is 1.93 bits per heavy atom. The monoisotopic (exact) mass is 379 g/mol. The maximum Gasteiger partial charge on any atom is 0.328 e. The van der Waals surface area contributed by atoms with Crippen molar-refractivity contribution in [2.75, 3.05) is 20.1 Å². The van der Waals surface area contributed by atoms with Crippen LogP contribution >= 0.6 is 0 Å². The molecule has 5 rings (SSSR count). The quantitative estimate of drug-likeness (QED) is 0.830. The van der Waals surface area contributed by atoms with Crippen molar-refractivity contribution in [2.24, 2.45) is 11.3 Å². The summed E-state index contributed by atoms with van der Waals surface area (Å²) in [4.78, 5) is 27.6. The van der Waals surface area contributed by atoms with Gasteiger partial charge >= 0.3 is 6.03 Å². The second-order valence-electron chi connectivity index (χ2n) is 8.84. The van der Waals surface area contributed by atoms with Crippen molar-refractivity contribution in [3.05, 3.63) is 30.0 Å². The summed E-state index contributed by atoms with van der Waals surface area (Å²) in [5, 5.41) is 4.10. The summed E-state index contributed by atoms with van der Waals surface area (Å²) in [5.74, 6) is 0.854. The van der Waals surface area contributed by atoms with Crippen molar-refractivity contribution in [1.29, 1.82) is 0 Å². The first-order valence-electron chi connectivity index (χ1n) is 10.6. The van der Waals surface area contributed by atoms with Crippen LogP contribution in [0.25, 0.3) is 10.9 Å². The Morgan fingerprint density at radius 3 is 2.57 bits per heavy atom. The van der Waals surface area contributed by atoms with E-state index >= 15 is 0 Å². The summed E-state index contributed by atoms with van der Waals surface area (Å²) in [7, 11) is 3.78. The molecule has 1 aromatic heterocycles. The summed E-state index contributed by atoms with van der Waals surface area (Å²) in [5.41, 5.74) is 2.71. The van der Waals surface area contributed by atoms with Gasteiger partial charge < -0.3 is 10.2 Å². The number of hydrogen-bond acceptors (Lipinski definition) is 2. The highest BCUT2D eigenvalue weighted by molar-refractivity contribution is 6.40. The molecule has 3 aliphatic carbocycles. The minimum Gasteiger partial charge on any atom is -0.351 e. The van der Waals surface area contributed by atoms with Crippen LogP contribution in [0.3, 0.4) is 0 Å². The van der Waals surface area contributed by atoms with E-state index in [0.717, 1.165) is 28.8 Å². The first-order valence-corrected chi connectivity index (χ1v) is 10.6. The van der Waals surface area contributed by atoms with Gasteiger partial charge in [0.15, 0.2) is 0 Å². The standard InChI is InChI=1S/C22H30BN3O2/c1-3-25(2)21(28)26-13-16(19-17(23)5-4-6-18(19)26)20(27)24-14-22-10-7-15(8-11-22)9-12-22/h4-6,13,15H,3,7-12,14,23H2,1-2H3,(H,24,27). The highest BCUT2D eigenvalue weighted by atomic mass is 16.2. The molecule has 0 unspecified atom stereocenters. The molecule has 1 N–H and O–H groups in total. The lowest BCUT2D eigenvalue weighted by atomic mass is 9.61. The first kappa shape index (κ1) is 19.1. The number of aromatic nitrogens is 1. The van der Waals surface area contributed by atoms with E-state index in [9.17, 15) is 9.59 Å². The molecule has 3 aliphatic rings. The molecule has 3 fully saturated rings. The molecule has 0 radical (unpaired) electrons. The third kappa shape index (κ3) is 3.23. The Labute approximate surface area is 167 Å². The average Bonchev–Trinajstić information content (AvgIpc) is 3.13. The highest BCUT2D eigenvalue weighted by Crippen LogP contribution is 2.49. The Morgan fingerprint density at radius 1 is 1.25 bits per heavy atom. The van der Waals surface area contributed by atoms with Crippen LogP contribution < -0.4 is 10.8 Å². The highest BCUT2D eigenvalue weighted by Gasteiger charge is 2.40. The van der Waals surface area contributed by atoms with Crippen molar-refractivity contribution in [3.8, 4) is 0 Å². The van der Waals surface area contributed by atoms with Gasteiger partial charge in [-0.05, 0) is 62.8 Å². The Balaban J connectivity index is 1.62. The van der Waals surface area contributed by atoms with E-state index in [-0.39, 0.29) is 17.4 Å². The summed E-state index contributed by atoms with van der Waals surface area (Å²) in [6.07, 6.45) is 9.36. The van der Waals surface area contributed by atoms with Crippen molar-refractivity contribution in [3.63, 3.8) is 0 Å². The normalized spacial score (nSPS) is 23.7.